The van der Waals surface area contributed by atoms with Gasteiger partial charge in [-0.05, 0) is 12.0 Å². The molecule has 0 bridgehead atoms. The zero-order valence-electron chi connectivity index (χ0n) is 10.0. The fourth-order valence-electron chi connectivity index (χ4n) is 1.05. The van der Waals surface area contributed by atoms with Crippen molar-refractivity contribution in [1.29, 1.82) is 0 Å². The summed E-state index contributed by atoms with van der Waals surface area (Å²) in [6.07, 6.45) is 2.74. The highest BCUT2D eigenvalue weighted by Gasteiger charge is 2.02. The number of rotatable bonds is 3. The van der Waals surface area contributed by atoms with E-state index in [-0.39, 0.29) is 11.5 Å². The summed E-state index contributed by atoms with van der Waals surface area (Å²) in [5.41, 5.74) is 5.10. The summed E-state index contributed by atoms with van der Waals surface area (Å²) in [5, 5.41) is 0. The lowest BCUT2D eigenvalue weighted by atomic mass is 10.1. The second-order valence-corrected chi connectivity index (χ2v) is 3.30. The summed E-state index contributed by atoms with van der Waals surface area (Å²) in [6.45, 7) is 8.91. The van der Waals surface area contributed by atoms with Gasteiger partial charge in [-0.3, -0.25) is 4.57 Å². The standard InChI is InChI=1S/C9H15N3O.C2H6/c1-3-7(2)6-12-5-4-8(10)11-9(12)13;1-2/h4-5,7H,3,6H2,1-2H3,(H2,10,11,13);1-2H3. The Morgan fingerprint density at radius 1 is 1.53 bits per heavy atom. The van der Waals surface area contributed by atoms with Crippen LogP contribution in [0.15, 0.2) is 17.1 Å². The molecule has 1 aromatic rings. The molecule has 1 unspecified atom stereocenters. The molecule has 1 aromatic heterocycles. The molecule has 0 aliphatic heterocycles. The summed E-state index contributed by atoms with van der Waals surface area (Å²) in [7, 11) is 0. The van der Waals surface area contributed by atoms with Gasteiger partial charge in [0.1, 0.15) is 5.82 Å². The van der Waals surface area contributed by atoms with Crippen LogP contribution in [-0.2, 0) is 6.54 Å². The van der Waals surface area contributed by atoms with Crippen LogP contribution in [0.2, 0.25) is 0 Å². The number of nitrogens with two attached hydrogens (primary N) is 1. The fourth-order valence-corrected chi connectivity index (χ4v) is 1.05. The predicted octanol–water partition coefficient (Wildman–Crippen LogP) is 1.90. The quantitative estimate of drug-likeness (QED) is 0.830. The number of hydrogen-bond acceptors (Lipinski definition) is 3. The topological polar surface area (TPSA) is 60.9 Å². The number of hydrogen-bond donors (Lipinski definition) is 1. The first-order valence-corrected chi connectivity index (χ1v) is 5.46. The molecule has 86 valence electrons. The average Bonchev–Trinajstić information content (AvgIpc) is 2.25. The van der Waals surface area contributed by atoms with E-state index in [1.165, 1.54) is 0 Å². The maximum atomic E-state index is 11.3. The van der Waals surface area contributed by atoms with Crippen LogP contribution >= 0.6 is 0 Å². The van der Waals surface area contributed by atoms with Gasteiger partial charge in [0.25, 0.3) is 0 Å². The number of nitrogens with zero attached hydrogens (tertiary/aromatic N) is 2. The van der Waals surface area contributed by atoms with Crippen LogP contribution in [0.5, 0.6) is 0 Å². The lowest BCUT2D eigenvalue weighted by molar-refractivity contribution is 0.455. The molecule has 1 rings (SSSR count). The van der Waals surface area contributed by atoms with E-state index in [0.29, 0.717) is 12.5 Å². The summed E-state index contributed by atoms with van der Waals surface area (Å²) in [6, 6.07) is 1.64. The molecule has 0 saturated heterocycles. The summed E-state index contributed by atoms with van der Waals surface area (Å²) in [4.78, 5) is 14.9. The van der Waals surface area contributed by atoms with Gasteiger partial charge >= 0.3 is 5.69 Å². The van der Waals surface area contributed by atoms with Crippen molar-refractivity contribution in [2.45, 2.75) is 40.7 Å². The van der Waals surface area contributed by atoms with Gasteiger partial charge in [0.15, 0.2) is 0 Å². The van der Waals surface area contributed by atoms with Gasteiger partial charge in [-0.2, -0.15) is 4.98 Å². The summed E-state index contributed by atoms with van der Waals surface area (Å²) in [5.74, 6) is 0.772. The van der Waals surface area contributed by atoms with Crippen LogP contribution < -0.4 is 11.4 Å². The third-order valence-electron chi connectivity index (χ3n) is 2.10. The molecule has 0 spiro atoms. The average molecular weight is 211 g/mol. The van der Waals surface area contributed by atoms with Gasteiger partial charge in [-0.15, -0.1) is 0 Å². The first kappa shape index (κ1) is 13.7. The van der Waals surface area contributed by atoms with E-state index in [4.69, 9.17) is 5.73 Å². The summed E-state index contributed by atoms with van der Waals surface area (Å²) >= 11 is 0. The van der Waals surface area contributed by atoms with Crippen molar-refractivity contribution < 1.29 is 0 Å². The van der Waals surface area contributed by atoms with Gasteiger partial charge in [-0.1, -0.05) is 34.1 Å². The largest absolute Gasteiger partial charge is 0.383 e. The Labute approximate surface area is 91.1 Å². The number of nitrogen functional groups attached to an aromatic ring is 1. The Hall–Kier alpha value is -1.32. The lowest BCUT2D eigenvalue weighted by Crippen LogP contribution is -2.25. The molecule has 0 radical (unpaired) electrons. The molecule has 1 atom stereocenters. The first-order chi connectivity index (χ1) is 7.13. The first-order valence-electron chi connectivity index (χ1n) is 5.46. The van der Waals surface area contributed by atoms with Crippen molar-refractivity contribution in [3.63, 3.8) is 0 Å². The van der Waals surface area contributed by atoms with Crippen molar-refractivity contribution in [2.24, 2.45) is 5.92 Å². The van der Waals surface area contributed by atoms with Gasteiger partial charge in [0, 0.05) is 12.7 Å². The molecule has 0 amide bonds. The smallest absolute Gasteiger partial charge is 0.349 e. The van der Waals surface area contributed by atoms with Crippen molar-refractivity contribution in [3.8, 4) is 0 Å². The minimum absolute atomic E-state index is 0.264. The third-order valence-corrected chi connectivity index (χ3v) is 2.10. The Bertz CT molecular complexity index is 333. The molecular formula is C11H21N3O. The van der Waals surface area contributed by atoms with Gasteiger partial charge in [0.05, 0.1) is 0 Å². The fraction of sp³-hybridized carbons (Fsp3) is 0.636. The van der Waals surface area contributed by atoms with Gasteiger partial charge in [0.2, 0.25) is 0 Å². The van der Waals surface area contributed by atoms with E-state index in [1.807, 2.05) is 13.8 Å². The van der Waals surface area contributed by atoms with Gasteiger partial charge in [-0.25, -0.2) is 4.79 Å². The number of anilines is 1. The lowest BCUT2D eigenvalue weighted by Gasteiger charge is -2.09. The molecular weight excluding hydrogens is 190 g/mol. The van der Waals surface area contributed by atoms with Crippen LogP contribution in [0.3, 0.4) is 0 Å². The molecule has 0 aromatic carbocycles. The van der Waals surface area contributed by atoms with Crippen molar-refractivity contribution in [3.05, 3.63) is 22.7 Å². The predicted molar refractivity (Wildman–Crippen MR) is 63.7 cm³/mol. The van der Waals surface area contributed by atoms with Crippen LogP contribution in [0, 0.1) is 5.92 Å². The third kappa shape index (κ3) is 4.63. The molecule has 0 aliphatic rings. The highest BCUT2D eigenvalue weighted by atomic mass is 16.1. The monoisotopic (exact) mass is 211 g/mol. The maximum absolute atomic E-state index is 11.3. The van der Waals surface area contributed by atoms with Gasteiger partial charge < -0.3 is 5.73 Å². The van der Waals surface area contributed by atoms with Crippen LogP contribution in [0.1, 0.15) is 34.1 Å². The zero-order chi connectivity index (χ0) is 11.8. The highest BCUT2D eigenvalue weighted by molar-refractivity contribution is 5.23. The Morgan fingerprint density at radius 3 is 2.60 bits per heavy atom. The van der Waals surface area contributed by atoms with Crippen LogP contribution in [-0.4, -0.2) is 9.55 Å². The second kappa shape index (κ2) is 7.04. The van der Waals surface area contributed by atoms with Crippen LogP contribution in [0.25, 0.3) is 0 Å². The molecule has 0 saturated carbocycles. The molecule has 0 aliphatic carbocycles. The maximum Gasteiger partial charge on any atom is 0.349 e. The Balaban J connectivity index is 0.000000921. The van der Waals surface area contributed by atoms with E-state index in [1.54, 1.807) is 16.8 Å². The van der Waals surface area contributed by atoms with E-state index >= 15 is 0 Å². The van der Waals surface area contributed by atoms with Crippen LogP contribution in [0.4, 0.5) is 5.82 Å². The molecule has 2 N–H and O–H groups in total. The second-order valence-electron chi connectivity index (χ2n) is 3.30. The SMILES string of the molecule is CC.CCC(C)Cn1ccc(N)nc1=O. The molecule has 0 fully saturated rings. The number of aromatic nitrogens is 2. The Kier molecular flexibility index (Phi) is 6.42. The van der Waals surface area contributed by atoms with E-state index < -0.39 is 0 Å². The van der Waals surface area contributed by atoms with E-state index in [2.05, 4.69) is 18.8 Å². The van der Waals surface area contributed by atoms with Crippen molar-refractivity contribution in [2.75, 3.05) is 5.73 Å². The Morgan fingerprint density at radius 2 is 2.13 bits per heavy atom. The minimum atomic E-state index is -0.264. The molecule has 15 heavy (non-hydrogen) atoms. The molecule has 4 nitrogen and oxygen atoms in total. The highest BCUT2D eigenvalue weighted by Crippen LogP contribution is 2.02. The normalized spacial score (nSPS) is 11.5. The minimum Gasteiger partial charge on any atom is -0.383 e. The van der Waals surface area contributed by atoms with Crippen molar-refractivity contribution in [1.82, 2.24) is 9.55 Å². The molecule has 4 heteroatoms. The van der Waals surface area contributed by atoms with E-state index in [0.717, 1.165) is 6.42 Å². The van der Waals surface area contributed by atoms with Crippen molar-refractivity contribution >= 4 is 5.82 Å². The van der Waals surface area contributed by atoms with E-state index in [9.17, 15) is 4.79 Å². The summed E-state index contributed by atoms with van der Waals surface area (Å²) < 4.78 is 1.59. The zero-order valence-corrected chi connectivity index (χ0v) is 10.0. The molecule has 1 heterocycles.